The number of benzene rings is 1. The fourth-order valence-electron chi connectivity index (χ4n) is 1.55. The largest absolute Gasteiger partial charge is 0.496 e. The van der Waals surface area contributed by atoms with Gasteiger partial charge >= 0.3 is 0 Å². The van der Waals surface area contributed by atoms with E-state index in [2.05, 4.69) is 10.2 Å². The summed E-state index contributed by atoms with van der Waals surface area (Å²) in [5.74, 6) is 0.911. The minimum Gasteiger partial charge on any atom is -0.496 e. The smallest absolute Gasteiger partial charge is 0.129 e. The summed E-state index contributed by atoms with van der Waals surface area (Å²) in [7, 11) is 1.69. The van der Waals surface area contributed by atoms with Crippen molar-refractivity contribution in [2.75, 3.05) is 7.11 Å². The standard InChI is InChI=1S/C11H12N2O/c1-8-4-3-5-10(11(8)14-2)9-6-12-13-7-9/h3-7H,1-2H3,(H,12,13). The normalized spacial score (nSPS) is 10.1. The fourth-order valence-corrected chi connectivity index (χ4v) is 1.55. The Balaban J connectivity index is 2.58. The first-order valence-electron chi connectivity index (χ1n) is 4.45. The number of aryl methyl sites for hydroxylation is 1. The second kappa shape index (κ2) is 3.54. The van der Waals surface area contributed by atoms with Gasteiger partial charge in [0.1, 0.15) is 5.75 Å². The van der Waals surface area contributed by atoms with Crippen LogP contribution in [0.2, 0.25) is 0 Å². The van der Waals surface area contributed by atoms with Gasteiger partial charge in [-0.1, -0.05) is 18.2 Å². The second-order valence-corrected chi connectivity index (χ2v) is 3.14. The number of nitrogens with zero attached hydrogens (tertiary/aromatic N) is 1. The summed E-state index contributed by atoms with van der Waals surface area (Å²) in [6.07, 6.45) is 3.65. The lowest BCUT2D eigenvalue weighted by atomic mass is 10.1. The van der Waals surface area contributed by atoms with E-state index in [-0.39, 0.29) is 0 Å². The molecule has 0 aliphatic rings. The highest BCUT2D eigenvalue weighted by molar-refractivity contribution is 5.70. The molecule has 0 radical (unpaired) electrons. The third-order valence-corrected chi connectivity index (χ3v) is 2.23. The maximum atomic E-state index is 5.36. The summed E-state index contributed by atoms with van der Waals surface area (Å²) in [5.41, 5.74) is 3.25. The van der Waals surface area contributed by atoms with Crippen molar-refractivity contribution in [3.8, 4) is 16.9 Å². The Hall–Kier alpha value is -1.77. The Labute approximate surface area is 82.7 Å². The topological polar surface area (TPSA) is 37.9 Å². The van der Waals surface area contributed by atoms with Gasteiger partial charge in [0.05, 0.1) is 13.3 Å². The summed E-state index contributed by atoms with van der Waals surface area (Å²) in [5, 5.41) is 6.72. The molecule has 0 unspecified atom stereocenters. The lowest BCUT2D eigenvalue weighted by Gasteiger charge is -2.09. The molecule has 3 nitrogen and oxygen atoms in total. The average molecular weight is 188 g/mol. The zero-order valence-electron chi connectivity index (χ0n) is 8.24. The third-order valence-electron chi connectivity index (χ3n) is 2.23. The highest BCUT2D eigenvalue weighted by Gasteiger charge is 2.07. The van der Waals surface area contributed by atoms with Crippen LogP contribution in [0.5, 0.6) is 5.75 Å². The van der Waals surface area contributed by atoms with Crippen molar-refractivity contribution in [2.24, 2.45) is 0 Å². The summed E-state index contributed by atoms with van der Waals surface area (Å²) in [6.45, 7) is 2.03. The molecule has 2 rings (SSSR count). The zero-order valence-corrected chi connectivity index (χ0v) is 8.24. The molecule has 0 fully saturated rings. The zero-order chi connectivity index (χ0) is 9.97. The molecule has 72 valence electrons. The predicted molar refractivity (Wildman–Crippen MR) is 55.3 cm³/mol. The van der Waals surface area contributed by atoms with Crippen LogP contribution in [0.15, 0.2) is 30.6 Å². The Morgan fingerprint density at radius 2 is 2.21 bits per heavy atom. The summed E-state index contributed by atoms with van der Waals surface area (Å²) in [4.78, 5) is 0. The second-order valence-electron chi connectivity index (χ2n) is 3.14. The van der Waals surface area contributed by atoms with Crippen LogP contribution >= 0.6 is 0 Å². The van der Waals surface area contributed by atoms with Crippen molar-refractivity contribution in [2.45, 2.75) is 6.92 Å². The number of aromatic amines is 1. The lowest BCUT2D eigenvalue weighted by Crippen LogP contribution is -1.89. The number of H-pyrrole nitrogens is 1. The number of para-hydroxylation sites is 1. The molecule has 0 aliphatic carbocycles. The van der Waals surface area contributed by atoms with Crippen LogP contribution in [0.3, 0.4) is 0 Å². The van der Waals surface area contributed by atoms with Crippen molar-refractivity contribution < 1.29 is 4.74 Å². The predicted octanol–water partition coefficient (Wildman–Crippen LogP) is 2.39. The SMILES string of the molecule is COc1c(C)cccc1-c1cn[nH]c1. The number of aromatic nitrogens is 2. The van der Waals surface area contributed by atoms with Gasteiger partial charge in [-0.2, -0.15) is 5.10 Å². The van der Waals surface area contributed by atoms with Crippen LogP contribution in [-0.4, -0.2) is 17.3 Å². The van der Waals surface area contributed by atoms with Crippen molar-refractivity contribution in [1.29, 1.82) is 0 Å². The van der Waals surface area contributed by atoms with Gasteiger partial charge in [-0.3, -0.25) is 5.10 Å². The van der Waals surface area contributed by atoms with E-state index in [1.165, 1.54) is 0 Å². The van der Waals surface area contributed by atoms with E-state index in [4.69, 9.17) is 4.74 Å². The highest BCUT2D eigenvalue weighted by Crippen LogP contribution is 2.31. The van der Waals surface area contributed by atoms with Crippen molar-refractivity contribution >= 4 is 0 Å². The number of rotatable bonds is 2. The quantitative estimate of drug-likeness (QED) is 0.785. The first-order chi connectivity index (χ1) is 6.83. The van der Waals surface area contributed by atoms with Crippen LogP contribution in [-0.2, 0) is 0 Å². The first kappa shape index (κ1) is 8.81. The van der Waals surface area contributed by atoms with E-state index >= 15 is 0 Å². The van der Waals surface area contributed by atoms with E-state index in [0.29, 0.717) is 0 Å². The molecule has 0 bridgehead atoms. The summed E-state index contributed by atoms with van der Waals surface area (Å²) in [6, 6.07) is 6.07. The van der Waals surface area contributed by atoms with Crippen LogP contribution in [0.4, 0.5) is 0 Å². The van der Waals surface area contributed by atoms with E-state index in [0.717, 1.165) is 22.4 Å². The molecule has 1 aromatic carbocycles. The molecule has 0 atom stereocenters. The maximum Gasteiger partial charge on any atom is 0.129 e. The van der Waals surface area contributed by atoms with Gasteiger partial charge in [0, 0.05) is 17.3 Å². The van der Waals surface area contributed by atoms with Gasteiger partial charge in [-0.25, -0.2) is 0 Å². The number of hydrogen-bond donors (Lipinski definition) is 1. The van der Waals surface area contributed by atoms with Crippen LogP contribution < -0.4 is 4.74 Å². The molecule has 3 heteroatoms. The Kier molecular flexibility index (Phi) is 2.23. The molecule has 14 heavy (non-hydrogen) atoms. The van der Waals surface area contributed by atoms with Gasteiger partial charge in [0.25, 0.3) is 0 Å². The van der Waals surface area contributed by atoms with Crippen molar-refractivity contribution in [1.82, 2.24) is 10.2 Å². The third kappa shape index (κ3) is 1.37. The molecule has 2 aromatic rings. The van der Waals surface area contributed by atoms with Gasteiger partial charge in [-0.05, 0) is 12.5 Å². The summed E-state index contributed by atoms with van der Waals surface area (Å²) >= 11 is 0. The van der Waals surface area contributed by atoms with E-state index < -0.39 is 0 Å². The average Bonchev–Trinajstić information content (AvgIpc) is 2.70. The van der Waals surface area contributed by atoms with Gasteiger partial charge in [-0.15, -0.1) is 0 Å². The van der Waals surface area contributed by atoms with Crippen LogP contribution in [0, 0.1) is 6.92 Å². The minimum atomic E-state index is 0.911. The Morgan fingerprint density at radius 1 is 1.36 bits per heavy atom. The maximum absolute atomic E-state index is 5.36. The number of methoxy groups -OCH3 is 1. The van der Waals surface area contributed by atoms with Gasteiger partial charge < -0.3 is 4.74 Å². The molecule has 1 aromatic heterocycles. The molecule has 1 heterocycles. The van der Waals surface area contributed by atoms with E-state index in [9.17, 15) is 0 Å². The first-order valence-corrected chi connectivity index (χ1v) is 4.45. The molecule has 0 saturated heterocycles. The molecule has 0 spiro atoms. The van der Waals surface area contributed by atoms with E-state index in [1.54, 1.807) is 13.3 Å². The van der Waals surface area contributed by atoms with Crippen LogP contribution in [0.25, 0.3) is 11.1 Å². The molecular formula is C11H12N2O. The fraction of sp³-hybridized carbons (Fsp3) is 0.182. The molecule has 0 aliphatic heterocycles. The highest BCUT2D eigenvalue weighted by atomic mass is 16.5. The van der Waals surface area contributed by atoms with E-state index in [1.807, 2.05) is 31.3 Å². The summed E-state index contributed by atoms with van der Waals surface area (Å²) < 4.78 is 5.36. The van der Waals surface area contributed by atoms with Crippen molar-refractivity contribution in [3.63, 3.8) is 0 Å². The Bertz CT molecular complexity index is 421. The molecular weight excluding hydrogens is 176 g/mol. The van der Waals surface area contributed by atoms with Gasteiger partial charge in [0.2, 0.25) is 0 Å². The monoisotopic (exact) mass is 188 g/mol. The number of hydrogen-bond acceptors (Lipinski definition) is 2. The van der Waals surface area contributed by atoms with Gasteiger partial charge in [0.15, 0.2) is 0 Å². The number of nitrogens with one attached hydrogen (secondary N) is 1. The minimum absolute atomic E-state index is 0.911. The van der Waals surface area contributed by atoms with Crippen LogP contribution in [0.1, 0.15) is 5.56 Å². The molecule has 1 N–H and O–H groups in total. The Morgan fingerprint density at radius 3 is 2.86 bits per heavy atom. The van der Waals surface area contributed by atoms with Crippen molar-refractivity contribution in [3.05, 3.63) is 36.2 Å². The number of ether oxygens (including phenoxy) is 1. The molecule has 0 saturated carbocycles. The molecule has 0 amide bonds. The lowest BCUT2D eigenvalue weighted by molar-refractivity contribution is 0.413.